The second-order valence-corrected chi connectivity index (χ2v) is 4.99. The smallest absolute Gasteiger partial charge is 0.230 e. The zero-order valence-electron chi connectivity index (χ0n) is 10.4. The van der Waals surface area contributed by atoms with Crippen molar-refractivity contribution >= 4 is 34.7 Å². The molecular formula is C13H17ClN2OS. The summed E-state index contributed by atoms with van der Waals surface area (Å²) in [6.07, 6.45) is 0.594. The molecule has 2 atom stereocenters. The van der Waals surface area contributed by atoms with Crippen LogP contribution in [0.15, 0.2) is 24.3 Å². The van der Waals surface area contributed by atoms with E-state index in [9.17, 15) is 4.79 Å². The van der Waals surface area contributed by atoms with Crippen LogP contribution in [0, 0.1) is 5.92 Å². The fourth-order valence-electron chi connectivity index (χ4n) is 1.73. The van der Waals surface area contributed by atoms with Crippen molar-refractivity contribution in [1.29, 1.82) is 0 Å². The summed E-state index contributed by atoms with van der Waals surface area (Å²) in [6, 6.07) is 7.24. The van der Waals surface area contributed by atoms with Gasteiger partial charge in [-0.05, 0) is 25.0 Å². The Morgan fingerprint density at radius 1 is 1.50 bits per heavy atom. The highest BCUT2D eigenvalue weighted by atomic mass is 35.5. The van der Waals surface area contributed by atoms with Crippen molar-refractivity contribution < 1.29 is 4.79 Å². The molecule has 2 unspecified atom stereocenters. The first-order chi connectivity index (χ1) is 8.47. The van der Waals surface area contributed by atoms with Gasteiger partial charge < -0.3 is 11.1 Å². The largest absolute Gasteiger partial charge is 0.393 e. The number of hydrogen-bond acceptors (Lipinski definition) is 2. The van der Waals surface area contributed by atoms with Crippen LogP contribution < -0.4 is 11.1 Å². The van der Waals surface area contributed by atoms with Crippen LogP contribution in [0.4, 0.5) is 0 Å². The molecular weight excluding hydrogens is 268 g/mol. The van der Waals surface area contributed by atoms with Crippen molar-refractivity contribution in [3.8, 4) is 0 Å². The molecule has 3 N–H and O–H groups in total. The van der Waals surface area contributed by atoms with Crippen LogP contribution >= 0.6 is 23.8 Å². The Hall–Kier alpha value is -1.13. The molecule has 0 aromatic heterocycles. The maximum Gasteiger partial charge on any atom is 0.230 e. The molecule has 98 valence electrons. The maximum atomic E-state index is 12.0. The second kappa shape index (κ2) is 6.71. The van der Waals surface area contributed by atoms with Crippen LogP contribution in [0.2, 0.25) is 5.02 Å². The number of nitrogens with one attached hydrogen (secondary N) is 1. The van der Waals surface area contributed by atoms with Gasteiger partial charge in [-0.2, -0.15) is 0 Å². The Bertz CT molecular complexity index is 450. The molecule has 5 heteroatoms. The van der Waals surface area contributed by atoms with Crippen LogP contribution in [-0.4, -0.2) is 10.9 Å². The molecule has 1 aromatic carbocycles. The number of halogens is 1. The number of carbonyl (C=O) groups is 1. The molecule has 1 amide bonds. The average Bonchev–Trinajstić information content (AvgIpc) is 2.29. The number of rotatable bonds is 5. The molecule has 0 aliphatic heterocycles. The molecule has 18 heavy (non-hydrogen) atoms. The van der Waals surface area contributed by atoms with E-state index in [1.54, 1.807) is 6.07 Å². The first-order valence-corrected chi connectivity index (χ1v) is 6.60. The van der Waals surface area contributed by atoms with Crippen molar-refractivity contribution in [3.05, 3.63) is 34.9 Å². The Morgan fingerprint density at radius 2 is 2.11 bits per heavy atom. The van der Waals surface area contributed by atoms with Gasteiger partial charge in [-0.15, -0.1) is 0 Å². The van der Waals surface area contributed by atoms with E-state index in [4.69, 9.17) is 29.6 Å². The van der Waals surface area contributed by atoms with Gasteiger partial charge in [-0.3, -0.25) is 4.79 Å². The van der Waals surface area contributed by atoms with Gasteiger partial charge in [0.05, 0.1) is 16.9 Å². The number of carbonyl (C=O) groups excluding carboxylic acids is 1. The van der Waals surface area contributed by atoms with Gasteiger partial charge in [0.15, 0.2) is 0 Å². The first-order valence-electron chi connectivity index (χ1n) is 5.81. The molecule has 0 spiro atoms. The van der Waals surface area contributed by atoms with Gasteiger partial charge >= 0.3 is 0 Å². The maximum absolute atomic E-state index is 12.0. The highest BCUT2D eigenvalue weighted by molar-refractivity contribution is 7.80. The van der Waals surface area contributed by atoms with E-state index in [1.807, 2.05) is 32.0 Å². The summed E-state index contributed by atoms with van der Waals surface area (Å²) in [4.78, 5) is 12.2. The van der Waals surface area contributed by atoms with Crippen molar-refractivity contribution in [3.63, 3.8) is 0 Å². The van der Waals surface area contributed by atoms with E-state index in [-0.39, 0.29) is 16.9 Å². The Kier molecular flexibility index (Phi) is 5.56. The average molecular weight is 285 g/mol. The third-order valence-electron chi connectivity index (χ3n) is 2.80. The minimum Gasteiger partial charge on any atom is -0.393 e. The second-order valence-electron chi connectivity index (χ2n) is 4.11. The van der Waals surface area contributed by atoms with Gasteiger partial charge in [0, 0.05) is 5.02 Å². The molecule has 0 saturated heterocycles. The van der Waals surface area contributed by atoms with E-state index >= 15 is 0 Å². The number of hydrogen-bond donors (Lipinski definition) is 2. The molecule has 1 aromatic rings. The van der Waals surface area contributed by atoms with Crippen molar-refractivity contribution in [2.24, 2.45) is 11.7 Å². The lowest BCUT2D eigenvalue weighted by molar-refractivity contribution is -0.123. The third kappa shape index (κ3) is 3.68. The Labute approximate surface area is 118 Å². The fraction of sp³-hybridized carbons (Fsp3) is 0.385. The summed E-state index contributed by atoms with van der Waals surface area (Å²) in [6.45, 7) is 3.76. The lowest BCUT2D eigenvalue weighted by Crippen LogP contribution is -2.38. The normalized spacial score (nSPS) is 13.7. The number of amides is 1. The quantitative estimate of drug-likeness (QED) is 0.818. The van der Waals surface area contributed by atoms with E-state index in [2.05, 4.69) is 5.32 Å². The molecule has 0 radical (unpaired) electrons. The van der Waals surface area contributed by atoms with Crippen LogP contribution in [0.5, 0.6) is 0 Å². The van der Waals surface area contributed by atoms with Gasteiger partial charge in [-0.25, -0.2) is 0 Å². The summed E-state index contributed by atoms with van der Waals surface area (Å²) in [5, 5.41) is 3.51. The van der Waals surface area contributed by atoms with Gasteiger partial charge in [0.25, 0.3) is 0 Å². The first kappa shape index (κ1) is 14.9. The van der Waals surface area contributed by atoms with E-state index in [0.29, 0.717) is 11.4 Å². The highest BCUT2D eigenvalue weighted by Crippen LogP contribution is 2.22. The van der Waals surface area contributed by atoms with Crippen LogP contribution in [0.1, 0.15) is 31.9 Å². The number of nitrogens with two attached hydrogens (primary N) is 1. The molecule has 0 aliphatic rings. The summed E-state index contributed by atoms with van der Waals surface area (Å²) < 4.78 is 0. The summed E-state index contributed by atoms with van der Waals surface area (Å²) in [5.74, 6) is -0.581. The Morgan fingerprint density at radius 3 is 2.61 bits per heavy atom. The highest BCUT2D eigenvalue weighted by Gasteiger charge is 2.21. The molecule has 1 rings (SSSR count). The predicted molar refractivity (Wildman–Crippen MR) is 78.6 cm³/mol. The fourth-order valence-corrected chi connectivity index (χ4v) is 2.31. The minimum absolute atomic E-state index is 0.155. The van der Waals surface area contributed by atoms with E-state index < -0.39 is 5.92 Å². The molecule has 0 saturated carbocycles. The SMILES string of the molecule is CCC(C(=O)NC(C)c1ccccc1Cl)C(N)=S. The lowest BCUT2D eigenvalue weighted by atomic mass is 10.0. The van der Waals surface area contributed by atoms with Crippen molar-refractivity contribution in [1.82, 2.24) is 5.32 Å². The minimum atomic E-state index is -0.426. The number of thiocarbonyl (C=S) groups is 1. The molecule has 3 nitrogen and oxygen atoms in total. The van der Waals surface area contributed by atoms with Crippen LogP contribution in [0.25, 0.3) is 0 Å². The standard InChI is InChI=1S/C13H17ClN2OS/c1-3-9(12(15)18)13(17)16-8(2)10-6-4-5-7-11(10)14/h4-9H,3H2,1-2H3,(H2,15,18)(H,16,17). The molecule has 0 heterocycles. The van der Waals surface area contributed by atoms with Crippen LogP contribution in [0.3, 0.4) is 0 Å². The van der Waals surface area contributed by atoms with E-state index in [1.165, 1.54) is 0 Å². The van der Waals surface area contributed by atoms with Gasteiger partial charge in [0.2, 0.25) is 5.91 Å². The van der Waals surface area contributed by atoms with Crippen molar-refractivity contribution in [2.45, 2.75) is 26.3 Å². The predicted octanol–water partition coefficient (Wildman–Crippen LogP) is 2.83. The summed E-state index contributed by atoms with van der Waals surface area (Å²) in [5.41, 5.74) is 6.42. The van der Waals surface area contributed by atoms with Gasteiger partial charge in [-0.1, -0.05) is 48.9 Å². The summed E-state index contributed by atoms with van der Waals surface area (Å²) in [7, 11) is 0. The molecule has 0 fully saturated rings. The Balaban J connectivity index is 2.76. The van der Waals surface area contributed by atoms with E-state index in [0.717, 1.165) is 5.56 Å². The lowest BCUT2D eigenvalue weighted by Gasteiger charge is -2.19. The third-order valence-corrected chi connectivity index (χ3v) is 3.43. The van der Waals surface area contributed by atoms with Crippen LogP contribution in [-0.2, 0) is 4.79 Å². The molecule has 0 aliphatic carbocycles. The zero-order chi connectivity index (χ0) is 13.7. The summed E-state index contributed by atoms with van der Waals surface area (Å²) >= 11 is 11.0. The van der Waals surface area contributed by atoms with Gasteiger partial charge in [0.1, 0.15) is 0 Å². The zero-order valence-corrected chi connectivity index (χ0v) is 12.0. The number of benzene rings is 1. The monoisotopic (exact) mass is 284 g/mol. The topological polar surface area (TPSA) is 55.1 Å². The molecule has 0 bridgehead atoms. The van der Waals surface area contributed by atoms with Crippen molar-refractivity contribution in [2.75, 3.05) is 0 Å².